The van der Waals surface area contributed by atoms with Crippen LogP contribution in [0.2, 0.25) is 0 Å². The van der Waals surface area contributed by atoms with Gasteiger partial charge in [0, 0.05) is 6.07 Å². The molecule has 0 aromatic heterocycles. The van der Waals surface area contributed by atoms with E-state index in [1.807, 2.05) is 37.3 Å². The van der Waals surface area contributed by atoms with Crippen molar-refractivity contribution in [3.8, 4) is 5.75 Å². The van der Waals surface area contributed by atoms with Gasteiger partial charge in [0.1, 0.15) is 6.61 Å². The molecule has 7 heteroatoms. The molecule has 140 valence electrons. The fourth-order valence-electron chi connectivity index (χ4n) is 2.42. The van der Waals surface area contributed by atoms with Crippen LogP contribution in [0.15, 0.2) is 76.1 Å². The highest BCUT2D eigenvalue weighted by Gasteiger charge is 2.17. The van der Waals surface area contributed by atoms with Gasteiger partial charge in [-0.3, -0.25) is 4.72 Å². The zero-order valence-electron chi connectivity index (χ0n) is 14.4. The summed E-state index contributed by atoms with van der Waals surface area (Å²) in [4.78, 5) is 0.106. The van der Waals surface area contributed by atoms with Gasteiger partial charge in [0.05, 0.1) is 15.1 Å². The molecule has 0 spiro atoms. The maximum atomic E-state index is 14.5. The van der Waals surface area contributed by atoms with Crippen molar-refractivity contribution in [1.29, 1.82) is 0 Å². The molecule has 0 heterocycles. The molecule has 0 amide bonds. The third kappa shape index (κ3) is 4.87. The minimum atomic E-state index is -3.81. The lowest BCUT2D eigenvalue weighted by Gasteiger charge is -2.13. The molecule has 0 aliphatic rings. The number of nitrogens with one attached hydrogen (secondary N) is 1. The molecule has 4 nitrogen and oxygen atoms in total. The normalized spacial score (nSPS) is 11.2. The van der Waals surface area contributed by atoms with Crippen molar-refractivity contribution in [3.05, 3.63) is 88.1 Å². The van der Waals surface area contributed by atoms with E-state index in [1.165, 1.54) is 18.2 Å². The van der Waals surface area contributed by atoms with Crippen molar-refractivity contribution < 1.29 is 17.5 Å². The molecule has 3 aromatic carbocycles. The molecule has 0 saturated heterocycles. The summed E-state index contributed by atoms with van der Waals surface area (Å²) < 4.78 is 47.6. The fourth-order valence-corrected chi connectivity index (χ4v) is 4.01. The summed E-state index contributed by atoms with van der Waals surface area (Å²) in [6.07, 6.45) is 0. The lowest BCUT2D eigenvalue weighted by molar-refractivity contribution is 0.288. The number of sulfonamides is 1. The predicted molar refractivity (Wildman–Crippen MR) is 107 cm³/mol. The first kappa shape index (κ1) is 19.4. The smallest absolute Gasteiger partial charge is 0.261 e. The highest BCUT2D eigenvalue weighted by Crippen LogP contribution is 2.33. The van der Waals surface area contributed by atoms with Gasteiger partial charge in [0.15, 0.2) is 11.6 Å². The maximum Gasteiger partial charge on any atom is 0.261 e. The van der Waals surface area contributed by atoms with Crippen molar-refractivity contribution in [2.45, 2.75) is 18.4 Å². The summed E-state index contributed by atoms with van der Waals surface area (Å²) in [5, 5.41) is 0. The zero-order valence-corrected chi connectivity index (χ0v) is 16.8. The number of anilines is 1. The lowest BCUT2D eigenvalue weighted by atomic mass is 10.2. The predicted octanol–water partition coefficient (Wildman–Crippen LogP) is 5.28. The van der Waals surface area contributed by atoms with E-state index >= 15 is 0 Å². The quantitative estimate of drug-likeness (QED) is 0.556. The summed E-state index contributed by atoms with van der Waals surface area (Å²) in [6, 6.07) is 18.3. The van der Waals surface area contributed by atoms with E-state index in [0.717, 1.165) is 17.2 Å². The first-order valence-electron chi connectivity index (χ1n) is 8.10. The molecule has 1 N–H and O–H groups in total. The van der Waals surface area contributed by atoms with Crippen LogP contribution in [0.1, 0.15) is 11.1 Å². The van der Waals surface area contributed by atoms with E-state index in [-0.39, 0.29) is 22.9 Å². The van der Waals surface area contributed by atoms with E-state index in [4.69, 9.17) is 4.74 Å². The monoisotopic (exact) mass is 449 g/mol. The van der Waals surface area contributed by atoms with Crippen molar-refractivity contribution in [2.24, 2.45) is 0 Å². The van der Waals surface area contributed by atoms with Crippen LogP contribution in [0.5, 0.6) is 5.75 Å². The standard InChI is InChI=1S/C20H17BrFNO3S/c1-14-7-9-17(10-8-14)27(24,25)23-16-11-18(21)20(19(22)12-16)26-13-15-5-3-2-4-6-15/h2-12,23H,13H2,1H3. The van der Waals surface area contributed by atoms with E-state index in [1.54, 1.807) is 12.1 Å². The summed E-state index contributed by atoms with van der Waals surface area (Å²) >= 11 is 3.25. The van der Waals surface area contributed by atoms with Crippen molar-refractivity contribution in [3.63, 3.8) is 0 Å². The molecule has 0 aliphatic heterocycles. The van der Waals surface area contributed by atoms with Crippen LogP contribution in [0, 0.1) is 12.7 Å². The molecular formula is C20H17BrFNO3S. The lowest BCUT2D eigenvalue weighted by Crippen LogP contribution is -2.13. The third-order valence-corrected chi connectivity index (χ3v) is 5.79. The van der Waals surface area contributed by atoms with E-state index in [0.29, 0.717) is 4.47 Å². The van der Waals surface area contributed by atoms with Gasteiger partial charge in [0.2, 0.25) is 0 Å². The van der Waals surface area contributed by atoms with E-state index in [9.17, 15) is 12.8 Å². The molecule has 0 radical (unpaired) electrons. The number of halogens is 2. The Balaban J connectivity index is 1.79. The van der Waals surface area contributed by atoms with Gasteiger partial charge in [-0.05, 0) is 46.6 Å². The van der Waals surface area contributed by atoms with E-state index < -0.39 is 15.8 Å². The van der Waals surface area contributed by atoms with Gasteiger partial charge < -0.3 is 4.74 Å². The van der Waals surface area contributed by atoms with Crippen LogP contribution in [0.3, 0.4) is 0 Å². The highest BCUT2D eigenvalue weighted by atomic mass is 79.9. The molecule has 0 bridgehead atoms. The van der Waals surface area contributed by atoms with Crippen LogP contribution < -0.4 is 9.46 Å². The van der Waals surface area contributed by atoms with Crippen LogP contribution >= 0.6 is 15.9 Å². The van der Waals surface area contributed by atoms with Crippen LogP contribution in [-0.4, -0.2) is 8.42 Å². The first-order chi connectivity index (χ1) is 12.8. The number of hydrogen-bond acceptors (Lipinski definition) is 3. The number of benzene rings is 3. The first-order valence-corrected chi connectivity index (χ1v) is 10.4. The average Bonchev–Trinajstić information content (AvgIpc) is 2.62. The minimum Gasteiger partial charge on any atom is -0.485 e. The number of rotatable bonds is 6. The SMILES string of the molecule is Cc1ccc(S(=O)(=O)Nc2cc(F)c(OCc3ccccc3)c(Br)c2)cc1. The topological polar surface area (TPSA) is 55.4 Å². The molecule has 3 aromatic rings. The van der Waals surface area contributed by atoms with Gasteiger partial charge in [-0.25, -0.2) is 12.8 Å². The van der Waals surface area contributed by atoms with Crippen molar-refractivity contribution in [1.82, 2.24) is 0 Å². The second kappa shape index (κ2) is 8.10. The van der Waals surface area contributed by atoms with Crippen LogP contribution in [-0.2, 0) is 16.6 Å². The molecule has 0 aliphatic carbocycles. The van der Waals surface area contributed by atoms with Gasteiger partial charge in [0.25, 0.3) is 10.0 Å². The summed E-state index contributed by atoms with van der Waals surface area (Å²) in [5.41, 5.74) is 1.95. The molecule has 0 atom stereocenters. The second-order valence-electron chi connectivity index (χ2n) is 5.96. The van der Waals surface area contributed by atoms with Crippen molar-refractivity contribution >= 4 is 31.6 Å². The fraction of sp³-hybridized carbons (Fsp3) is 0.100. The molecular weight excluding hydrogens is 433 g/mol. The van der Waals surface area contributed by atoms with Gasteiger partial charge in [-0.15, -0.1) is 0 Å². The largest absolute Gasteiger partial charge is 0.485 e. The minimum absolute atomic E-state index is 0.0251. The van der Waals surface area contributed by atoms with Crippen molar-refractivity contribution in [2.75, 3.05) is 4.72 Å². The molecule has 27 heavy (non-hydrogen) atoms. The Morgan fingerprint density at radius 1 is 1.04 bits per heavy atom. The molecule has 0 saturated carbocycles. The Morgan fingerprint density at radius 3 is 2.33 bits per heavy atom. The average molecular weight is 450 g/mol. The molecule has 0 fully saturated rings. The third-order valence-electron chi connectivity index (χ3n) is 3.81. The second-order valence-corrected chi connectivity index (χ2v) is 8.50. The van der Waals surface area contributed by atoms with Gasteiger partial charge >= 0.3 is 0 Å². The maximum absolute atomic E-state index is 14.5. The number of ether oxygens (including phenoxy) is 1. The molecule has 3 rings (SSSR count). The van der Waals surface area contributed by atoms with Gasteiger partial charge in [-0.1, -0.05) is 48.0 Å². The summed E-state index contributed by atoms with van der Waals surface area (Å²) in [7, 11) is -3.81. The Kier molecular flexibility index (Phi) is 5.82. The summed E-state index contributed by atoms with van der Waals surface area (Å²) in [5.74, 6) is -0.640. The number of hydrogen-bond donors (Lipinski definition) is 1. The number of aryl methyl sites for hydroxylation is 1. The molecule has 0 unspecified atom stereocenters. The van der Waals surface area contributed by atoms with Crippen LogP contribution in [0.25, 0.3) is 0 Å². The Bertz CT molecular complexity index is 1020. The Hall–Kier alpha value is -2.38. The Morgan fingerprint density at radius 2 is 1.70 bits per heavy atom. The van der Waals surface area contributed by atoms with Gasteiger partial charge in [-0.2, -0.15) is 0 Å². The zero-order chi connectivity index (χ0) is 19.4. The van der Waals surface area contributed by atoms with E-state index in [2.05, 4.69) is 20.7 Å². The Labute approximate surface area is 166 Å². The highest BCUT2D eigenvalue weighted by molar-refractivity contribution is 9.10. The van der Waals surface area contributed by atoms with Crippen LogP contribution in [0.4, 0.5) is 10.1 Å². The summed E-state index contributed by atoms with van der Waals surface area (Å²) in [6.45, 7) is 2.06.